The Balaban J connectivity index is 0.00000220. The van der Waals surface area contributed by atoms with E-state index in [0.717, 1.165) is 32.4 Å². The smallest absolute Gasteiger partial charge is 0.227 e. The van der Waals surface area contributed by atoms with Crippen LogP contribution in [0.2, 0.25) is 0 Å². The highest BCUT2D eigenvalue weighted by Gasteiger charge is 2.23. The lowest BCUT2D eigenvalue weighted by Crippen LogP contribution is -2.38. The molecule has 0 radical (unpaired) electrons. The number of rotatable bonds is 3. The van der Waals surface area contributed by atoms with Crippen LogP contribution in [-0.4, -0.2) is 37.0 Å². The average molecular weight is 319 g/mol. The van der Waals surface area contributed by atoms with Gasteiger partial charge in [-0.15, -0.1) is 12.4 Å². The van der Waals surface area contributed by atoms with Crippen LogP contribution in [0.1, 0.15) is 24.8 Å². The summed E-state index contributed by atoms with van der Waals surface area (Å²) >= 11 is 0. The molecule has 0 aliphatic carbocycles. The van der Waals surface area contributed by atoms with E-state index in [9.17, 15) is 13.6 Å². The molecule has 1 heterocycles. The summed E-state index contributed by atoms with van der Waals surface area (Å²) in [6, 6.07) is 3.81. The van der Waals surface area contributed by atoms with Gasteiger partial charge in [-0.2, -0.15) is 0 Å². The summed E-state index contributed by atoms with van der Waals surface area (Å²) in [6.45, 7) is 1.83. The molecule has 3 nitrogen and oxygen atoms in total. The fourth-order valence-electron chi connectivity index (χ4n) is 2.57. The second-order valence-corrected chi connectivity index (χ2v) is 5.22. The van der Waals surface area contributed by atoms with Crippen LogP contribution in [0, 0.1) is 11.6 Å². The summed E-state index contributed by atoms with van der Waals surface area (Å²) in [6.07, 6.45) is 2.59. The number of likely N-dealkylation sites (N-methyl/N-ethyl adjacent to an activating group) is 1. The molecule has 1 aromatic rings. The van der Waals surface area contributed by atoms with Gasteiger partial charge in [0.25, 0.3) is 0 Å². The maximum atomic E-state index is 13.6. The molecule has 0 bridgehead atoms. The zero-order valence-corrected chi connectivity index (χ0v) is 12.9. The molecular formula is C15H21ClF2N2O. The first-order chi connectivity index (χ1) is 9.59. The van der Waals surface area contributed by atoms with E-state index in [1.54, 1.807) is 11.9 Å². The minimum atomic E-state index is -0.658. The third-order valence-electron chi connectivity index (χ3n) is 3.88. The fraction of sp³-hybridized carbons (Fsp3) is 0.533. The zero-order chi connectivity index (χ0) is 14.5. The van der Waals surface area contributed by atoms with Crippen molar-refractivity contribution in [2.75, 3.05) is 20.1 Å². The molecule has 1 N–H and O–H groups in total. The second-order valence-electron chi connectivity index (χ2n) is 5.22. The van der Waals surface area contributed by atoms with E-state index in [-0.39, 0.29) is 36.3 Å². The highest BCUT2D eigenvalue weighted by molar-refractivity contribution is 5.85. The summed E-state index contributed by atoms with van der Waals surface area (Å²) in [5, 5.41) is 3.28. The predicted molar refractivity (Wildman–Crippen MR) is 80.6 cm³/mol. The average Bonchev–Trinajstić information content (AvgIpc) is 2.71. The van der Waals surface area contributed by atoms with Gasteiger partial charge in [-0.1, -0.05) is 6.07 Å². The van der Waals surface area contributed by atoms with Gasteiger partial charge in [-0.25, -0.2) is 8.78 Å². The fourth-order valence-corrected chi connectivity index (χ4v) is 2.57. The Morgan fingerprint density at radius 2 is 1.95 bits per heavy atom. The van der Waals surface area contributed by atoms with Crippen molar-refractivity contribution < 1.29 is 13.6 Å². The first kappa shape index (κ1) is 17.9. The highest BCUT2D eigenvalue weighted by atomic mass is 35.5. The normalized spacial score (nSPS) is 18.5. The predicted octanol–water partition coefficient (Wildman–Crippen LogP) is 2.53. The van der Waals surface area contributed by atoms with E-state index in [4.69, 9.17) is 0 Å². The summed E-state index contributed by atoms with van der Waals surface area (Å²) in [5.74, 6) is -1.55. The number of amides is 1. The molecule has 1 atom stereocenters. The molecule has 1 fully saturated rings. The van der Waals surface area contributed by atoms with Crippen molar-refractivity contribution >= 4 is 18.3 Å². The van der Waals surface area contributed by atoms with Crippen molar-refractivity contribution in [2.24, 2.45) is 0 Å². The quantitative estimate of drug-likeness (QED) is 0.929. The topological polar surface area (TPSA) is 32.3 Å². The Hall–Kier alpha value is -1.20. The molecule has 1 saturated heterocycles. The molecule has 1 aliphatic heterocycles. The number of halogens is 3. The van der Waals surface area contributed by atoms with Gasteiger partial charge in [0.1, 0.15) is 11.6 Å². The molecule has 6 heteroatoms. The first-order valence-corrected chi connectivity index (χ1v) is 6.99. The second kappa shape index (κ2) is 8.29. The SMILES string of the molecule is CN(C(=O)Cc1c(F)cccc1F)C1CCCNCC1.Cl. The molecule has 21 heavy (non-hydrogen) atoms. The number of nitrogens with one attached hydrogen (secondary N) is 1. The zero-order valence-electron chi connectivity index (χ0n) is 12.1. The Kier molecular flexibility index (Phi) is 7.05. The maximum absolute atomic E-state index is 13.6. The number of benzene rings is 1. The van der Waals surface area contributed by atoms with Gasteiger partial charge < -0.3 is 10.2 Å². The van der Waals surface area contributed by atoms with Crippen LogP contribution < -0.4 is 5.32 Å². The van der Waals surface area contributed by atoms with Crippen molar-refractivity contribution in [1.82, 2.24) is 10.2 Å². The van der Waals surface area contributed by atoms with Gasteiger partial charge in [-0.05, 0) is 44.5 Å². The van der Waals surface area contributed by atoms with Crippen molar-refractivity contribution in [2.45, 2.75) is 31.7 Å². The van der Waals surface area contributed by atoms with Crippen molar-refractivity contribution in [3.63, 3.8) is 0 Å². The van der Waals surface area contributed by atoms with Crippen LogP contribution in [0.15, 0.2) is 18.2 Å². The summed E-state index contributed by atoms with van der Waals surface area (Å²) < 4.78 is 27.1. The molecular weight excluding hydrogens is 298 g/mol. The molecule has 1 aromatic carbocycles. The Labute approximate surface area is 130 Å². The molecule has 2 rings (SSSR count). The standard InChI is InChI=1S/C15H20F2N2O.ClH/c1-19(11-4-3-8-18-9-7-11)15(20)10-12-13(16)5-2-6-14(12)17;/h2,5-6,11,18H,3-4,7-10H2,1H3;1H. The van der Waals surface area contributed by atoms with Crippen LogP contribution in [0.4, 0.5) is 8.78 Å². The van der Waals surface area contributed by atoms with Gasteiger partial charge in [-0.3, -0.25) is 4.79 Å². The van der Waals surface area contributed by atoms with Crippen molar-refractivity contribution in [1.29, 1.82) is 0 Å². The molecule has 0 aromatic heterocycles. The van der Waals surface area contributed by atoms with E-state index in [2.05, 4.69) is 5.32 Å². The third-order valence-corrected chi connectivity index (χ3v) is 3.88. The van der Waals surface area contributed by atoms with Gasteiger partial charge in [0, 0.05) is 18.7 Å². The van der Waals surface area contributed by atoms with Crippen molar-refractivity contribution in [3.8, 4) is 0 Å². The van der Waals surface area contributed by atoms with Crippen LogP contribution >= 0.6 is 12.4 Å². The molecule has 118 valence electrons. The molecule has 0 spiro atoms. The number of nitrogens with zero attached hydrogens (tertiary/aromatic N) is 1. The largest absolute Gasteiger partial charge is 0.342 e. The number of hydrogen-bond acceptors (Lipinski definition) is 2. The van der Waals surface area contributed by atoms with Crippen LogP contribution in [0.5, 0.6) is 0 Å². The van der Waals surface area contributed by atoms with E-state index in [0.29, 0.717) is 0 Å². The molecule has 1 aliphatic rings. The molecule has 1 unspecified atom stereocenters. The molecule has 1 amide bonds. The van der Waals surface area contributed by atoms with Gasteiger partial charge in [0.05, 0.1) is 6.42 Å². The maximum Gasteiger partial charge on any atom is 0.227 e. The summed E-state index contributed by atoms with van der Waals surface area (Å²) in [7, 11) is 1.72. The third kappa shape index (κ3) is 4.64. The van der Waals surface area contributed by atoms with Crippen molar-refractivity contribution in [3.05, 3.63) is 35.4 Å². The lowest BCUT2D eigenvalue weighted by atomic mass is 10.1. The van der Waals surface area contributed by atoms with E-state index in [1.807, 2.05) is 0 Å². The van der Waals surface area contributed by atoms with Gasteiger partial charge in [0.2, 0.25) is 5.91 Å². The van der Waals surface area contributed by atoms with Crippen LogP contribution in [0.3, 0.4) is 0 Å². The van der Waals surface area contributed by atoms with E-state index < -0.39 is 11.6 Å². The lowest BCUT2D eigenvalue weighted by Gasteiger charge is -2.27. The monoisotopic (exact) mass is 318 g/mol. The minimum Gasteiger partial charge on any atom is -0.342 e. The Morgan fingerprint density at radius 3 is 2.62 bits per heavy atom. The van der Waals surface area contributed by atoms with Crippen LogP contribution in [0.25, 0.3) is 0 Å². The Morgan fingerprint density at radius 1 is 1.29 bits per heavy atom. The first-order valence-electron chi connectivity index (χ1n) is 6.99. The summed E-state index contributed by atoms with van der Waals surface area (Å²) in [4.78, 5) is 13.8. The van der Waals surface area contributed by atoms with Crippen LogP contribution in [-0.2, 0) is 11.2 Å². The summed E-state index contributed by atoms with van der Waals surface area (Å²) in [5.41, 5.74) is -0.143. The number of carbonyl (C=O) groups excluding carboxylic acids is 1. The molecule has 0 saturated carbocycles. The van der Waals surface area contributed by atoms with E-state index >= 15 is 0 Å². The van der Waals surface area contributed by atoms with E-state index in [1.165, 1.54) is 18.2 Å². The highest BCUT2D eigenvalue weighted by Crippen LogP contribution is 2.17. The van der Waals surface area contributed by atoms with Gasteiger partial charge in [0.15, 0.2) is 0 Å². The minimum absolute atomic E-state index is 0. The number of hydrogen-bond donors (Lipinski definition) is 1. The Bertz CT molecular complexity index is 456. The lowest BCUT2D eigenvalue weighted by molar-refractivity contribution is -0.131. The van der Waals surface area contributed by atoms with Gasteiger partial charge >= 0.3 is 0 Å². The number of carbonyl (C=O) groups is 1.